The van der Waals surface area contributed by atoms with E-state index in [-0.39, 0.29) is 18.9 Å². The SMILES string of the molecule is O=C1CCC(NCc2cccc(C(F)(F)F)c2)C(=O)N1. The van der Waals surface area contributed by atoms with Crippen LogP contribution in [-0.2, 0) is 22.3 Å². The van der Waals surface area contributed by atoms with Crippen molar-refractivity contribution in [1.29, 1.82) is 0 Å². The minimum absolute atomic E-state index is 0.135. The lowest BCUT2D eigenvalue weighted by atomic mass is 10.1. The molecule has 2 amide bonds. The molecule has 7 heteroatoms. The second kappa shape index (κ2) is 5.62. The lowest BCUT2D eigenvalue weighted by Crippen LogP contribution is -2.50. The molecule has 2 rings (SSSR count). The van der Waals surface area contributed by atoms with Gasteiger partial charge in [0.15, 0.2) is 0 Å². The van der Waals surface area contributed by atoms with Crippen molar-refractivity contribution in [2.45, 2.75) is 31.6 Å². The van der Waals surface area contributed by atoms with Crippen LogP contribution in [0.2, 0.25) is 0 Å². The predicted molar refractivity (Wildman–Crippen MR) is 64.5 cm³/mol. The van der Waals surface area contributed by atoms with Crippen LogP contribution in [0.3, 0.4) is 0 Å². The maximum absolute atomic E-state index is 12.5. The van der Waals surface area contributed by atoms with Gasteiger partial charge in [-0.1, -0.05) is 18.2 Å². The van der Waals surface area contributed by atoms with E-state index in [2.05, 4.69) is 10.6 Å². The molecule has 1 aromatic rings. The zero-order valence-corrected chi connectivity index (χ0v) is 10.5. The summed E-state index contributed by atoms with van der Waals surface area (Å²) < 4.78 is 37.6. The molecule has 0 radical (unpaired) electrons. The molecule has 0 bridgehead atoms. The Morgan fingerprint density at radius 1 is 1.30 bits per heavy atom. The lowest BCUT2D eigenvalue weighted by molar-refractivity contribution is -0.138. The van der Waals surface area contributed by atoms with Crippen LogP contribution in [-0.4, -0.2) is 17.9 Å². The van der Waals surface area contributed by atoms with Gasteiger partial charge in [-0.15, -0.1) is 0 Å². The van der Waals surface area contributed by atoms with Gasteiger partial charge in [-0.2, -0.15) is 13.2 Å². The van der Waals surface area contributed by atoms with Crippen molar-refractivity contribution in [3.05, 3.63) is 35.4 Å². The summed E-state index contributed by atoms with van der Waals surface area (Å²) in [4.78, 5) is 22.4. The van der Waals surface area contributed by atoms with Crippen molar-refractivity contribution in [2.75, 3.05) is 0 Å². The monoisotopic (exact) mass is 286 g/mol. The quantitative estimate of drug-likeness (QED) is 0.830. The van der Waals surface area contributed by atoms with Crippen LogP contribution < -0.4 is 10.6 Å². The Labute approximate surface area is 113 Å². The number of carbonyl (C=O) groups is 2. The number of amides is 2. The minimum Gasteiger partial charge on any atom is -0.302 e. The van der Waals surface area contributed by atoms with E-state index in [1.165, 1.54) is 6.07 Å². The molecule has 0 spiro atoms. The molecule has 1 fully saturated rings. The van der Waals surface area contributed by atoms with Crippen molar-refractivity contribution < 1.29 is 22.8 Å². The summed E-state index contributed by atoms with van der Waals surface area (Å²) in [6.45, 7) is 0.135. The average Bonchev–Trinajstić information content (AvgIpc) is 2.37. The van der Waals surface area contributed by atoms with Crippen molar-refractivity contribution in [3.63, 3.8) is 0 Å². The first-order valence-electron chi connectivity index (χ1n) is 6.09. The zero-order valence-electron chi connectivity index (χ0n) is 10.5. The van der Waals surface area contributed by atoms with Crippen LogP contribution in [0.1, 0.15) is 24.0 Å². The Kier molecular flexibility index (Phi) is 4.08. The molecule has 1 heterocycles. The Hall–Kier alpha value is -1.89. The molecule has 108 valence electrons. The summed E-state index contributed by atoms with van der Waals surface area (Å²) in [5.74, 6) is -0.764. The highest BCUT2D eigenvalue weighted by molar-refractivity contribution is 6.00. The number of alkyl halides is 3. The summed E-state index contributed by atoms with van der Waals surface area (Å²) in [5.41, 5.74) is -0.287. The van der Waals surface area contributed by atoms with Crippen molar-refractivity contribution in [1.82, 2.24) is 10.6 Å². The standard InChI is InChI=1S/C13H13F3N2O2/c14-13(15,16)9-3-1-2-8(6-9)7-17-10-4-5-11(19)18-12(10)20/h1-3,6,10,17H,4-5,7H2,(H,18,19,20). The summed E-state index contributed by atoms with van der Waals surface area (Å²) in [7, 11) is 0. The fourth-order valence-corrected chi connectivity index (χ4v) is 1.99. The molecule has 0 saturated carbocycles. The molecule has 0 aromatic heterocycles. The smallest absolute Gasteiger partial charge is 0.302 e. The average molecular weight is 286 g/mol. The maximum Gasteiger partial charge on any atom is 0.416 e. The van der Waals surface area contributed by atoms with Crippen molar-refractivity contribution >= 4 is 11.8 Å². The van der Waals surface area contributed by atoms with Gasteiger partial charge in [0.05, 0.1) is 11.6 Å². The normalized spacial score (nSPS) is 19.9. The Balaban J connectivity index is 1.97. The third-order valence-electron chi connectivity index (χ3n) is 3.05. The molecule has 1 aliphatic rings. The number of hydrogen-bond acceptors (Lipinski definition) is 3. The van der Waals surface area contributed by atoms with E-state index < -0.39 is 23.7 Å². The number of nitrogens with one attached hydrogen (secondary N) is 2. The van der Waals surface area contributed by atoms with E-state index in [9.17, 15) is 22.8 Å². The highest BCUT2D eigenvalue weighted by Gasteiger charge is 2.30. The summed E-state index contributed by atoms with van der Waals surface area (Å²) in [6.07, 6.45) is -3.81. The number of hydrogen-bond donors (Lipinski definition) is 2. The molecular formula is C13H13F3N2O2. The molecule has 4 nitrogen and oxygen atoms in total. The molecule has 20 heavy (non-hydrogen) atoms. The number of piperidine rings is 1. The third-order valence-corrected chi connectivity index (χ3v) is 3.05. The first-order chi connectivity index (χ1) is 9.36. The summed E-state index contributed by atoms with van der Waals surface area (Å²) >= 11 is 0. The van der Waals surface area contributed by atoms with Gasteiger partial charge in [0, 0.05) is 13.0 Å². The number of benzene rings is 1. The molecule has 0 aliphatic carbocycles. The van der Waals surface area contributed by atoms with Crippen LogP contribution in [0.4, 0.5) is 13.2 Å². The van der Waals surface area contributed by atoms with Crippen molar-refractivity contribution in [3.8, 4) is 0 Å². The molecule has 1 aliphatic heterocycles. The van der Waals surface area contributed by atoms with Crippen molar-refractivity contribution in [2.24, 2.45) is 0 Å². The third kappa shape index (κ3) is 3.57. The first kappa shape index (κ1) is 14.5. The highest BCUT2D eigenvalue weighted by Crippen LogP contribution is 2.29. The topological polar surface area (TPSA) is 58.2 Å². The van der Waals surface area contributed by atoms with Gasteiger partial charge in [0.2, 0.25) is 11.8 Å². The van der Waals surface area contributed by atoms with Gasteiger partial charge in [0.25, 0.3) is 0 Å². The Bertz CT molecular complexity index is 529. The number of imide groups is 1. The first-order valence-corrected chi connectivity index (χ1v) is 6.09. The molecular weight excluding hydrogens is 273 g/mol. The van der Waals surface area contributed by atoms with Crippen LogP contribution in [0.5, 0.6) is 0 Å². The van der Waals surface area contributed by atoms with Crippen LogP contribution in [0, 0.1) is 0 Å². The Morgan fingerprint density at radius 3 is 2.70 bits per heavy atom. The second-order valence-corrected chi connectivity index (χ2v) is 4.58. The predicted octanol–water partition coefficient (Wildman–Crippen LogP) is 1.60. The number of halogens is 3. The van der Waals surface area contributed by atoms with E-state index in [1.807, 2.05) is 0 Å². The molecule has 1 unspecified atom stereocenters. The maximum atomic E-state index is 12.5. The van der Waals surface area contributed by atoms with E-state index >= 15 is 0 Å². The van der Waals surface area contributed by atoms with Gasteiger partial charge in [-0.3, -0.25) is 14.9 Å². The fraction of sp³-hybridized carbons (Fsp3) is 0.385. The Morgan fingerprint density at radius 2 is 2.05 bits per heavy atom. The van der Waals surface area contributed by atoms with E-state index in [4.69, 9.17) is 0 Å². The van der Waals surface area contributed by atoms with Crippen LogP contribution >= 0.6 is 0 Å². The highest BCUT2D eigenvalue weighted by atomic mass is 19.4. The van der Waals surface area contributed by atoms with Gasteiger partial charge in [-0.05, 0) is 18.1 Å². The van der Waals surface area contributed by atoms with E-state index in [0.717, 1.165) is 12.1 Å². The summed E-state index contributed by atoms with van der Waals surface area (Å²) in [6, 6.07) is 4.36. The minimum atomic E-state index is -4.38. The van der Waals surface area contributed by atoms with Gasteiger partial charge >= 0.3 is 6.18 Å². The number of carbonyl (C=O) groups excluding carboxylic acids is 2. The van der Waals surface area contributed by atoms with E-state index in [1.54, 1.807) is 6.07 Å². The van der Waals surface area contributed by atoms with Gasteiger partial charge in [-0.25, -0.2) is 0 Å². The molecule has 1 aromatic carbocycles. The summed E-state index contributed by atoms with van der Waals surface area (Å²) in [5, 5.41) is 5.04. The second-order valence-electron chi connectivity index (χ2n) is 4.58. The van der Waals surface area contributed by atoms with Gasteiger partial charge in [0.1, 0.15) is 0 Å². The molecule has 1 atom stereocenters. The lowest BCUT2D eigenvalue weighted by Gasteiger charge is -2.22. The number of rotatable bonds is 3. The molecule has 1 saturated heterocycles. The van der Waals surface area contributed by atoms with Crippen LogP contribution in [0.25, 0.3) is 0 Å². The molecule has 2 N–H and O–H groups in total. The van der Waals surface area contributed by atoms with Gasteiger partial charge < -0.3 is 5.32 Å². The van der Waals surface area contributed by atoms with E-state index in [0.29, 0.717) is 12.0 Å². The zero-order chi connectivity index (χ0) is 14.8. The van der Waals surface area contributed by atoms with Crippen LogP contribution in [0.15, 0.2) is 24.3 Å². The largest absolute Gasteiger partial charge is 0.416 e. The fourth-order valence-electron chi connectivity index (χ4n) is 1.99.